The molecule has 26 heavy (non-hydrogen) atoms. The maximum atomic E-state index is 12.3. The van der Waals surface area contributed by atoms with Crippen LogP contribution in [0.1, 0.15) is 16.8 Å². The number of benzene rings is 1. The summed E-state index contributed by atoms with van der Waals surface area (Å²) in [6, 6.07) is 12.7. The molecule has 1 atom stereocenters. The molecule has 2 aromatic rings. The van der Waals surface area contributed by atoms with Crippen molar-refractivity contribution in [2.24, 2.45) is 5.92 Å². The highest BCUT2D eigenvalue weighted by atomic mass is 16.2. The number of nitrogens with one attached hydrogen (secondary N) is 2. The minimum Gasteiger partial charge on any atom is -0.354 e. The Kier molecular flexibility index (Phi) is 5.58. The van der Waals surface area contributed by atoms with Crippen molar-refractivity contribution in [3.8, 4) is 0 Å². The predicted molar refractivity (Wildman–Crippen MR) is 96.5 cm³/mol. The van der Waals surface area contributed by atoms with Gasteiger partial charge in [-0.25, -0.2) is 0 Å². The fourth-order valence-corrected chi connectivity index (χ4v) is 2.85. The number of hydrogen-bond donors (Lipinski definition) is 2. The van der Waals surface area contributed by atoms with Crippen LogP contribution in [0.2, 0.25) is 0 Å². The van der Waals surface area contributed by atoms with Crippen molar-refractivity contribution in [2.45, 2.75) is 6.42 Å². The lowest BCUT2D eigenvalue weighted by Crippen LogP contribution is -2.38. The monoisotopic (exact) mass is 352 g/mol. The van der Waals surface area contributed by atoms with Gasteiger partial charge < -0.3 is 15.5 Å². The Labute approximate surface area is 151 Å². The van der Waals surface area contributed by atoms with Crippen molar-refractivity contribution in [3.63, 3.8) is 0 Å². The second-order valence-electron chi connectivity index (χ2n) is 6.03. The zero-order chi connectivity index (χ0) is 18.4. The minimum absolute atomic E-state index is 0.0544. The highest BCUT2D eigenvalue weighted by molar-refractivity contribution is 6.00. The summed E-state index contributed by atoms with van der Waals surface area (Å²) in [5.41, 5.74) is 1.27. The van der Waals surface area contributed by atoms with E-state index in [9.17, 15) is 14.4 Å². The summed E-state index contributed by atoms with van der Waals surface area (Å²) in [5, 5.41) is 5.49. The fraction of sp³-hybridized carbons (Fsp3) is 0.263. The number of amides is 3. The molecule has 1 saturated heterocycles. The molecule has 3 rings (SSSR count). The van der Waals surface area contributed by atoms with Crippen molar-refractivity contribution in [1.29, 1.82) is 0 Å². The number of carbonyl (C=O) groups is 3. The third-order valence-electron chi connectivity index (χ3n) is 4.20. The van der Waals surface area contributed by atoms with E-state index in [1.165, 1.54) is 6.20 Å². The average molecular weight is 352 g/mol. The molecule has 1 aliphatic rings. The summed E-state index contributed by atoms with van der Waals surface area (Å²) in [7, 11) is 0. The largest absolute Gasteiger partial charge is 0.354 e. The number of para-hydroxylation sites is 1. The molecule has 0 bridgehead atoms. The molecule has 2 N–H and O–H groups in total. The molecule has 2 heterocycles. The highest BCUT2D eigenvalue weighted by Gasteiger charge is 2.34. The Morgan fingerprint density at radius 3 is 2.58 bits per heavy atom. The molecular weight excluding hydrogens is 332 g/mol. The van der Waals surface area contributed by atoms with Crippen LogP contribution >= 0.6 is 0 Å². The van der Waals surface area contributed by atoms with Crippen LogP contribution in [0.5, 0.6) is 0 Å². The Morgan fingerprint density at radius 2 is 1.85 bits per heavy atom. The number of pyridine rings is 1. The number of nitrogens with zero attached hydrogens (tertiary/aromatic N) is 2. The minimum atomic E-state index is -0.378. The van der Waals surface area contributed by atoms with E-state index >= 15 is 0 Å². The van der Waals surface area contributed by atoms with Crippen LogP contribution in [0.3, 0.4) is 0 Å². The van der Waals surface area contributed by atoms with E-state index in [1.807, 2.05) is 30.3 Å². The maximum absolute atomic E-state index is 12.3. The molecule has 0 radical (unpaired) electrons. The standard InChI is InChI=1S/C19H20N4O3/c24-17-11-15(13-23(17)16-6-2-1-3-7-16)19(26)22-10-9-21-18(25)14-5-4-8-20-12-14/h1-8,12,15H,9-11,13H2,(H,21,25)(H,22,26)/t15-/m1/s1. The SMILES string of the molecule is O=C(NCCNC(=O)[C@@H]1CC(=O)N(c2ccccc2)C1)c1cccnc1. The fourth-order valence-electron chi connectivity index (χ4n) is 2.85. The van der Waals surface area contributed by atoms with Gasteiger partial charge in [0.05, 0.1) is 11.5 Å². The summed E-state index contributed by atoms with van der Waals surface area (Å²) in [6.45, 7) is 0.986. The first-order valence-corrected chi connectivity index (χ1v) is 8.46. The van der Waals surface area contributed by atoms with Gasteiger partial charge in [-0.1, -0.05) is 18.2 Å². The summed E-state index contributed by atoms with van der Waals surface area (Å²) in [6.07, 6.45) is 3.28. The molecule has 1 aromatic heterocycles. The topological polar surface area (TPSA) is 91.4 Å². The lowest BCUT2D eigenvalue weighted by atomic mass is 10.1. The van der Waals surface area contributed by atoms with E-state index in [2.05, 4.69) is 15.6 Å². The van der Waals surface area contributed by atoms with Crippen LogP contribution in [0, 0.1) is 5.92 Å². The molecule has 0 aliphatic carbocycles. The van der Waals surface area contributed by atoms with Crippen LogP contribution < -0.4 is 15.5 Å². The van der Waals surface area contributed by atoms with E-state index in [4.69, 9.17) is 0 Å². The summed E-state index contributed by atoms with van der Waals surface area (Å²) >= 11 is 0. The van der Waals surface area contributed by atoms with Gasteiger partial charge in [0, 0.05) is 44.1 Å². The van der Waals surface area contributed by atoms with Gasteiger partial charge in [0.25, 0.3) is 5.91 Å². The molecule has 0 unspecified atom stereocenters. The number of aromatic nitrogens is 1. The first-order valence-electron chi connectivity index (χ1n) is 8.46. The van der Waals surface area contributed by atoms with Gasteiger partial charge in [-0.15, -0.1) is 0 Å². The van der Waals surface area contributed by atoms with E-state index in [1.54, 1.807) is 23.2 Å². The first-order chi connectivity index (χ1) is 12.6. The van der Waals surface area contributed by atoms with Crippen LogP contribution in [0.4, 0.5) is 5.69 Å². The van der Waals surface area contributed by atoms with Crippen molar-refractivity contribution in [2.75, 3.05) is 24.5 Å². The van der Waals surface area contributed by atoms with Crippen molar-refractivity contribution >= 4 is 23.4 Å². The zero-order valence-corrected chi connectivity index (χ0v) is 14.2. The van der Waals surface area contributed by atoms with Gasteiger partial charge >= 0.3 is 0 Å². The lowest BCUT2D eigenvalue weighted by Gasteiger charge is -2.16. The average Bonchev–Trinajstić information content (AvgIpc) is 3.08. The summed E-state index contributed by atoms with van der Waals surface area (Å²) in [5.74, 6) is -0.844. The molecule has 3 amide bonds. The Balaban J connectivity index is 1.43. The normalized spacial score (nSPS) is 16.4. The van der Waals surface area contributed by atoms with Crippen LogP contribution in [0.25, 0.3) is 0 Å². The van der Waals surface area contributed by atoms with Gasteiger partial charge in [-0.05, 0) is 24.3 Å². The van der Waals surface area contributed by atoms with Crippen LogP contribution in [-0.2, 0) is 9.59 Å². The number of anilines is 1. The van der Waals surface area contributed by atoms with E-state index in [-0.39, 0.29) is 30.1 Å². The van der Waals surface area contributed by atoms with Crippen molar-refractivity contribution in [3.05, 3.63) is 60.4 Å². The third kappa shape index (κ3) is 4.24. The van der Waals surface area contributed by atoms with Gasteiger partial charge in [0.15, 0.2) is 0 Å². The molecule has 1 fully saturated rings. The second kappa shape index (κ2) is 8.24. The number of hydrogen-bond acceptors (Lipinski definition) is 4. The molecule has 7 nitrogen and oxygen atoms in total. The molecule has 134 valence electrons. The van der Waals surface area contributed by atoms with Crippen LogP contribution in [-0.4, -0.2) is 42.3 Å². The smallest absolute Gasteiger partial charge is 0.252 e. The van der Waals surface area contributed by atoms with Crippen LogP contribution in [0.15, 0.2) is 54.9 Å². The zero-order valence-electron chi connectivity index (χ0n) is 14.2. The van der Waals surface area contributed by atoms with Gasteiger partial charge in [-0.2, -0.15) is 0 Å². The van der Waals surface area contributed by atoms with Crippen molar-refractivity contribution < 1.29 is 14.4 Å². The number of rotatable bonds is 6. The van der Waals surface area contributed by atoms with Gasteiger partial charge in [0.1, 0.15) is 0 Å². The predicted octanol–water partition coefficient (Wildman–Crippen LogP) is 0.981. The van der Waals surface area contributed by atoms with E-state index < -0.39 is 0 Å². The van der Waals surface area contributed by atoms with Crippen molar-refractivity contribution in [1.82, 2.24) is 15.6 Å². The summed E-state index contributed by atoms with van der Waals surface area (Å²) < 4.78 is 0. The Morgan fingerprint density at radius 1 is 1.08 bits per heavy atom. The van der Waals surface area contributed by atoms with E-state index in [0.717, 1.165) is 5.69 Å². The quantitative estimate of drug-likeness (QED) is 0.758. The molecule has 1 aliphatic heterocycles. The Hall–Kier alpha value is -3.22. The molecule has 0 spiro atoms. The molecule has 0 saturated carbocycles. The van der Waals surface area contributed by atoms with Gasteiger partial charge in [0.2, 0.25) is 11.8 Å². The Bertz CT molecular complexity index is 780. The molecule has 1 aromatic carbocycles. The molecule has 7 heteroatoms. The number of carbonyl (C=O) groups excluding carboxylic acids is 3. The summed E-state index contributed by atoms with van der Waals surface area (Å²) in [4.78, 5) is 41.8. The second-order valence-corrected chi connectivity index (χ2v) is 6.03. The van der Waals surface area contributed by atoms with E-state index in [0.29, 0.717) is 25.2 Å². The first kappa shape index (κ1) is 17.6. The van der Waals surface area contributed by atoms with Gasteiger partial charge in [-0.3, -0.25) is 19.4 Å². The molecular formula is C19H20N4O3. The highest BCUT2D eigenvalue weighted by Crippen LogP contribution is 2.24. The third-order valence-corrected chi connectivity index (χ3v) is 4.20. The lowest BCUT2D eigenvalue weighted by molar-refractivity contribution is -0.126. The maximum Gasteiger partial charge on any atom is 0.252 e.